The molecule has 0 spiro atoms. The normalized spacial score (nSPS) is 15.9. The summed E-state index contributed by atoms with van der Waals surface area (Å²) in [5.41, 5.74) is 2.52. The van der Waals surface area contributed by atoms with E-state index in [1.807, 2.05) is 4.90 Å². The zero-order valence-electron chi connectivity index (χ0n) is 10.4. The van der Waals surface area contributed by atoms with E-state index in [0.717, 1.165) is 32.6 Å². The fourth-order valence-electron chi connectivity index (χ4n) is 2.08. The number of carbonyl (C=O) groups excluding carboxylic acids is 1. The molecule has 1 aromatic rings. The molecule has 0 saturated carbocycles. The highest BCUT2D eigenvalue weighted by atomic mass is 16.2. The topological polar surface area (TPSA) is 32.3 Å². The molecule has 0 aliphatic carbocycles. The average Bonchev–Trinajstić information content (AvgIpc) is 2.39. The summed E-state index contributed by atoms with van der Waals surface area (Å²) >= 11 is 0. The quantitative estimate of drug-likeness (QED) is 0.853. The second-order valence-electron chi connectivity index (χ2n) is 4.62. The number of amides is 1. The monoisotopic (exact) mass is 232 g/mol. The summed E-state index contributed by atoms with van der Waals surface area (Å²) in [5.74, 6) is 0.284. The number of piperazine rings is 1. The molecule has 0 atom stereocenters. The van der Waals surface area contributed by atoms with Crippen molar-refractivity contribution in [3.05, 3.63) is 35.4 Å². The van der Waals surface area contributed by atoms with E-state index >= 15 is 0 Å². The third-order valence-corrected chi connectivity index (χ3v) is 3.22. The summed E-state index contributed by atoms with van der Waals surface area (Å²) in [7, 11) is 0. The van der Waals surface area contributed by atoms with E-state index in [2.05, 4.69) is 36.5 Å². The van der Waals surface area contributed by atoms with Crippen LogP contribution in [0.2, 0.25) is 0 Å². The van der Waals surface area contributed by atoms with Crippen LogP contribution in [0.3, 0.4) is 0 Å². The van der Waals surface area contributed by atoms with Gasteiger partial charge in [0.15, 0.2) is 0 Å². The maximum Gasteiger partial charge on any atom is 0.222 e. The summed E-state index contributed by atoms with van der Waals surface area (Å²) < 4.78 is 0. The molecule has 3 heteroatoms. The highest BCUT2D eigenvalue weighted by Gasteiger charge is 2.15. The Labute approximate surface area is 103 Å². The Balaban J connectivity index is 1.81. The fraction of sp³-hybridized carbons (Fsp3) is 0.500. The Morgan fingerprint density at radius 3 is 2.53 bits per heavy atom. The Kier molecular flexibility index (Phi) is 4.15. The van der Waals surface area contributed by atoms with Crippen LogP contribution in [0.15, 0.2) is 24.3 Å². The molecule has 17 heavy (non-hydrogen) atoms. The molecule has 1 N–H and O–H groups in total. The number of nitrogens with zero attached hydrogens (tertiary/aromatic N) is 1. The van der Waals surface area contributed by atoms with Crippen molar-refractivity contribution in [2.75, 3.05) is 26.2 Å². The van der Waals surface area contributed by atoms with Gasteiger partial charge >= 0.3 is 0 Å². The number of hydrogen-bond donors (Lipinski definition) is 1. The van der Waals surface area contributed by atoms with E-state index in [0.29, 0.717) is 6.42 Å². The number of benzene rings is 1. The van der Waals surface area contributed by atoms with E-state index in [1.165, 1.54) is 11.1 Å². The second-order valence-corrected chi connectivity index (χ2v) is 4.62. The van der Waals surface area contributed by atoms with Crippen molar-refractivity contribution in [1.82, 2.24) is 10.2 Å². The minimum atomic E-state index is 0.284. The molecule has 0 bridgehead atoms. The van der Waals surface area contributed by atoms with Crippen LogP contribution in [-0.2, 0) is 11.2 Å². The van der Waals surface area contributed by atoms with Gasteiger partial charge in [-0.2, -0.15) is 0 Å². The Morgan fingerprint density at radius 1 is 1.24 bits per heavy atom. The maximum absolute atomic E-state index is 11.9. The van der Waals surface area contributed by atoms with Crippen molar-refractivity contribution in [3.63, 3.8) is 0 Å². The van der Waals surface area contributed by atoms with Crippen LogP contribution in [0.5, 0.6) is 0 Å². The van der Waals surface area contributed by atoms with Crippen LogP contribution in [-0.4, -0.2) is 37.0 Å². The molecule has 3 nitrogen and oxygen atoms in total. The standard InChI is InChI=1S/C14H20N2O/c1-12-2-4-13(5-3-12)6-7-14(17)16-10-8-15-9-11-16/h2-5,15H,6-11H2,1H3. The number of aryl methyl sites for hydroxylation is 2. The first-order valence-electron chi connectivity index (χ1n) is 6.30. The van der Waals surface area contributed by atoms with Crippen molar-refractivity contribution in [3.8, 4) is 0 Å². The lowest BCUT2D eigenvalue weighted by atomic mass is 10.1. The van der Waals surface area contributed by atoms with Gasteiger partial charge in [-0.3, -0.25) is 4.79 Å². The third kappa shape index (κ3) is 3.56. The van der Waals surface area contributed by atoms with E-state index in [-0.39, 0.29) is 5.91 Å². The van der Waals surface area contributed by atoms with Gasteiger partial charge in [-0.05, 0) is 18.9 Å². The van der Waals surface area contributed by atoms with Gasteiger partial charge in [-0.15, -0.1) is 0 Å². The first kappa shape index (κ1) is 12.1. The Hall–Kier alpha value is -1.35. The number of hydrogen-bond acceptors (Lipinski definition) is 2. The molecule has 0 unspecified atom stereocenters. The molecule has 0 aromatic heterocycles. The van der Waals surface area contributed by atoms with Crippen LogP contribution in [0.25, 0.3) is 0 Å². The molecule has 1 aliphatic heterocycles. The number of nitrogens with one attached hydrogen (secondary N) is 1. The highest BCUT2D eigenvalue weighted by molar-refractivity contribution is 5.76. The van der Waals surface area contributed by atoms with Gasteiger partial charge in [0.25, 0.3) is 0 Å². The van der Waals surface area contributed by atoms with Crippen LogP contribution in [0, 0.1) is 6.92 Å². The minimum Gasteiger partial charge on any atom is -0.340 e. The van der Waals surface area contributed by atoms with Crippen LogP contribution in [0.1, 0.15) is 17.5 Å². The Morgan fingerprint density at radius 2 is 1.88 bits per heavy atom. The van der Waals surface area contributed by atoms with Crippen LogP contribution < -0.4 is 5.32 Å². The molecule has 1 saturated heterocycles. The number of carbonyl (C=O) groups is 1. The first-order valence-corrected chi connectivity index (χ1v) is 6.30. The van der Waals surface area contributed by atoms with E-state index in [4.69, 9.17) is 0 Å². The summed E-state index contributed by atoms with van der Waals surface area (Å²) in [6.07, 6.45) is 1.48. The van der Waals surface area contributed by atoms with E-state index < -0.39 is 0 Å². The first-order chi connectivity index (χ1) is 8.25. The van der Waals surface area contributed by atoms with Gasteiger partial charge in [0, 0.05) is 32.6 Å². The molecular weight excluding hydrogens is 212 g/mol. The SMILES string of the molecule is Cc1ccc(CCC(=O)N2CCNCC2)cc1. The van der Waals surface area contributed by atoms with Gasteiger partial charge in [0.05, 0.1) is 0 Å². The fourth-order valence-corrected chi connectivity index (χ4v) is 2.08. The molecule has 1 fully saturated rings. The lowest BCUT2D eigenvalue weighted by molar-refractivity contribution is -0.131. The average molecular weight is 232 g/mol. The van der Waals surface area contributed by atoms with Crippen molar-refractivity contribution in [2.24, 2.45) is 0 Å². The lowest BCUT2D eigenvalue weighted by Gasteiger charge is -2.27. The lowest BCUT2D eigenvalue weighted by Crippen LogP contribution is -2.46. The van der Waals surface area contributed by atoms with Gasteiger partial charge in [-0.1, -0.05) is 29.8 Å². The summed E-state index contributed by atoms with van der Waals surface area (Å²) in [6, 6.07) is 8.43. The van der Waals surface area contributed by atoms with Crippen molar-refractivity contribution in [2.45, 2.75) is 19.8 Å². The second kappa shape index (κ2) is 5.82. The van der Waals surface area contributed by atoms with Gasteiger partial charge in [-0.25, -0.2) is 0 Å². The van der Waals surface area contributed by atoms with Crippen LogP contribution >= 0.6 is 0 Å². The summed E-state index contributed by atoms with van der Waals surface area (Å²) in [5, 5.41) is 3.26. The molecule has 0 radical (unpaired) electrons. The molecule has 1 heterocycles. The van der Waals surface area contributed by atoms with Gasteiger partial charge in [0.2, 0.25) is 5.91 Å². The van der Waals surface area contributed by atoms with Crippen molar-refractivity contribution >= 4 is 5.91 Å². The van der Waals surface area contributed by atoms with E-state index in [9.17, 15) is 4.79 Å². The number of rotatable bonds is 3. The summed E-state index contributed by atoms with van der Waals surface area (Å²) in [4.78, 5) is 13.9. The molecule has 1 aromatic carbocycles. The van der Waals surface area contributed by atoms with Crippen LogP contribution in [0.4, 0.5) is 0 Å². The smallest absolute Gasteiger partial charge is 0.222 e. The summed E-state index contributed by atoms with van der Waals surface area (Å²) in [6.45, 7) is 5.64. The molecular formula is C14H20N2O. The predicted octanol–water partition coefficient (Wildman–Crippen LogP) is 1.36. The molecule has 1 aliphatic rings. The highest BCUT2D eigenvalue weighted by Crippen LogP contribution is 2.07. The van der Waals surface area contributed by atoms with Gasteiger partial charge < -0.3 is 10.2 Å². The zero-order valence-corrected chi connectivity index (χ0v) is 10.4. The molecule has 1 amide bonds. The Bertz CT molecular complexity index is 366. The zero-order chi connectivity index (χ0) is 12.1. The minimum absolute atomic E-state index is 0.284. The predicted molar refractivity (Wildman–Crippen MR) is 68.9 cm³/mol. The molecule has 2 rings (SSSR count). The maximum atomic E-state index is 11.9. The third-order valence-electron chi connectivity index (χ3n) is 3.22. The largest absolute Gasteiger partial charge is 0.340 e. The van der Waals surface area contributed by atoms with Crippen molar-refractivity contribution < 1.29 is 4.79 Å². The van der Waals surface area contributed by atoms with E-state index in [1.54, 1.807) is 0 Å². The van der Waals surface area contributed by atoms with Gasteiger partial charge in [0.1, 0.15) is 0 Å². The van der Waals surface area contributed by atoms with Crippen molar-refractivity contribution in [1.29, 1.82) is 0 Å². The molecule has 92 valence electrons.